The van der Waals surface area contributed by atoms with Crippen LogP contribution in [0.1, 0.15) is 75.3 Å². The number of hydrogen-bond acceptors (Lipinski definition) is 12. The van der Waals surface area contributed by atoms with Gasteiger partial charge in [-0.2, -0.15) is 0 Å². The van der Waals surface area contributed by atoms with Crippen molar-refractivity contribution in [3.8, 4) is 12.3 Å². The van der Waals surface area contributed by atoms with E-state index in [0.29, 0.717) is 11.1 Å². The molecule has 22 nitrogen and oxygen atoms in total. The minimum Gasteiger partial charge on any atom is -0.481 e. The van der Waals surface area contributed by atoms with Crippen molar-refractivity contribution >= 4 is 71.5 Å². The van der Waals surface area contributed by atoms with Gasteiger partial charge in [0.15, 0.2) is 5.78 Å². The molecule has 0 radical (unpaired) electrons. The standard InChI is InChI=1S/C38H47N5O17/c1-3-6-22(19-44)34(56)23(9-13-29(46)47)40-35(57)24(10-14-30(48)49)41-37(59)26(17-21-8-5-4-7-20(21)2)43-36(58)25(11-15-31(50)51)42-38(60)27(18-33(54)55)39-28(45)12-16-32(52)53/h1,4-5,7-8,19,22-27H,6,9-18H2,2H3,(H,39,45)(H,40,57)(H,41,59)(H,42,60)(H,43,58)(H,46,47)(H,48,49)(H,50,51)(H,52,53)(H,54,55)/t22-,23-,24+,25-,26-,27-/m0/s1. The van der Waals surface area contributed by atoms with Crippen molar-refractivity contribution in [3.63, 3.8) is 0 Å². The van der Waals surface area contributed by atoms with Crippen molar-refractivity contribution in [2.45, 2.75) is 108 Å². The molecule has 1 aromatic carbocycles. The summed E-state index contributed by atoms with van der Waals surface area (Å²) in [7, 11) is 0. The Kier molecular flexibility index (Phi) is 22.0. The molecular weight excluding hydrogens is 798 g/mol. The summed E-state index contributed by atoms with van der Waals surface area (Å²) in [5.74, 6) is -13.3. The summed E-state index contributed by atoms with van der Waals surface area (Å²) in [5.41, 5.74) is 1.06. The average Bonchev–Trinajstić information content (AvgIpc) is 3.17. The minimum absolute atomic E-state index is 0.210. The Morgan fingerprint density at radius 1 is 0.583 bits per heavy atom. The number of aryl methyl sites for hydroxylation is 1. The molecule has 0 aromatic heterocycles. The predicted molar refractivity (Wildman–Crippen MR) is 202 cm³/mol. The minimum atomic E-state index is -1.87. The maximum Gasteiger partial charge on any atom is 0.305 e. The highest BCUT2D eigenvalue weighted by atomic mass is 16.4. The number of Topliss-reactive ketones (excluding diaryl/α,β-unsaturated/α-hetero) is 1. The first-order valence-electron chi connectivity index (χ1n) is 18.3. The third-order valence-corrected chi connectivity index (χ3v) is 8.65. The lowest BCUT2D eigenvalue weighted by Gasteiger charge is -2.27. The molecule has 0 aliphatic carbocycles. The average molecular weight is 846 g/mol. The van der Waals surface area contributed by atoms with Crippen LogP contribution in [-0.4, -0.2) is 127 Å². The van der Waals surface area contributed by atoms with Gasteiger partial charge in [0.1, 0.15) is 30.5 Å². The zero-order valence-corrected chi connectivity index (χ0v) is 32.3. The van der Waals surface area contributed by atoms with E-state index in [1.54, 1.807) is 31.2 Å². The van der Waals surface area contributed by atoms with Gasteiger partial charge in [-0.15, -0.1) is 12.3 Å². The molecule has 0 heterocycles. The molecule has 0 aliphatic heterocycles. The molecular formula is C38H47N5O17. The van der Waals surface area contributed by atoms with Gasteiger partial charge in [-0.3, -0.25) is 52.7 Å². The first-order chi connectivity index (χ1) is 28.2. The molecule has 60 heavy (non-hydrogen) atoms. The number of carbonyl (C=O) groups excluding carboxylic acids is 7. The van der Waals surface area contributed by atoms with E-state index in [4.69, 9.17) is 11.5 Å². The number of ketones is 1. The Balaban J connectivity index is 3.59. The summed E-state index contributed by atoms with van der Waals surface area (Å²) >= 11 is 0. The Morgan fingerprint density at radius 3 is 1.47 bits per heavy atom. The second-order valence-corrected chi connectivity index (χ2v) is 13.3. The van der Waals surface area contributed by atoms with Gasteiger partial charge in [-0.05, 0) is 37.3 Å². The number of carboxylic acids is 5. The van der Waals surface area contributed by atoms with Crippen molar-refractivity contribution in [2.75, 3.05) is 0 Å². The molecule has 1 aromatic rings. The fraction of sp³-hybridized carbons (Fsp3) is 0.474. The molecule has 0 spiro atoms. The number of amides is 5. The number of hydrogen-bond donors (Lipinski definition) is 10. The van der Waals surface area contributed by atoms with E-state index in [1.165, 1.54) is 0 Å². The zero-order valence-electron chi connectivity index (χ0n) is 32.3. The van der Waals surface area contributed by atoms with Crippen molar-refractivity contribution in [1.29, 1.82) is 0 Å². The van der Waals surface area contributed by atoms with Crippen LogP contribution in [0.3, 0.4) is 0 Å². The summed E-state index contributed by atoms with van der Waals surface area (Å²) in [5, 5.41) is 57.3. The van der Waals surface area contributed by atoms with Crippen LogP contribution in [0.5, 0.6) is 0 Å². The third-order valence-electron chi connectivity index (χ3n) is 8.65. The monoisotopic (exact) mass is 845 g/mol. The molecule has 326 valence electrons. The van der Waals surface area contributed by atoms with Gasteiger partial charge >= 0.3 is 29.8 Å². The van der Waals surface area contributed by atoms with Crippen molar-refractivity contribution < 1.29 is 83.1 Å². The third kappa shape index (κ3) is 19.3. The van der Waals surface area contributed by atoms with Gasteiger partial charge in [0.05, 0.1) is 24.8 Å². The lowest BCUT2D eigenvalue weighted by atomic mass is 9.93. The fourth-order valence-corrected chi connectivity index (χ4v) is 5.46. The first-order valence-corrected chi connectivity index (χ1v) is 18.3. The van der Waals surface area contributed by atoms with Gasteiger partial charge in [0.25, 0.3) is 0 Å². The van der Waals surface area contributed by atoms with Gasteiger partial charge < -0.3 is 56.9 Å². The fourth-order valence-electron chi connectivity index (χ4n) is 5.46. The molecule has 6 atom stereocenters. The number of nitrogens with one attached hydrogen (secondary N) is 5. The first kappa shape index (κ1) is 50.8. The molecule has 0 aliphatic rings. The number of terminal acetylenes is 1. The lowest BCUT2D eigenvalue weighted by molar-refractivity contribution is -0.142. The van der Waals surface area contributed by atoms with E-state index in [9.17, 15) is 78.0 Å². The number of rotatable bonds is 29. The van der Waals surface area contributed by atoms with E-state index in [-0.39, 0.29) is 12.7 Å². The molecule has 0 unspecified atom stereocenters. The molecule has 0 fully saturated rings. The Labute approximate surface area is 342 Å². The van der Waals surface area contributed by atoms with E-state index >= 15 is 0 Å². The Hall–Kier alpha value is -7.18. The normalized spacial score (nSPS) is 13.5. The van der Waals surface area contributed by atoms with E-state index in [0.717, 1.165) is 0 Å². The maximum absolute atomic E-state index is 14.0. The van der Waals surface area contributed by atoms with Crippen molar-refractivity contribution in [1.82, 2.24) is 26.6 Å². The molecule has 1 rings (SSSR count). The largest absolute Gasteiger partial charge is 0.481 e. The summed E-state index contributed by atoms with van der Waals surface area (Å²) in [4.78, 5) is 148. The van der Waals surface area contributed by atoms with Crippen LogP contribution in [0.4, 0.5) is 0 Å². The summed E-state index contributed by atoms with van der Waals surface area (Å²) in [6.07, 6.45) is -1.58. The number of aldehydes is 1. The number of aliphatic carboxylic acids is 5. The Bertz CT molecular complexity index is 1840. The second-order valence-electron chi connectivity index (χ2n) is 13.3. The lowest BCUT2D eigenvalue weighted by Crippen LogP contribution is -2.59. The highest BCUT2D eigenvalue weighted by Gasteiger charge is 2.35. The van der Waals surface area contributed by atoms with Crippen LogP contribution < -0.4 is 26.6 Å². The van der Waals surface area contributed by atoms with Crippen LogP contribution in [0, 0.1) is 25.2 Å². The topological polar surface area (TPSA) is 366 Å². The number of carboxylic acid groups (broad SMARTS) is 5. The summed E-state index contributed by atoms with van der Waals surface area (Å²) < 4.78 is 0. The predicted octanol–water partition coefficient (Wildman–Crippen LogP) is -1.70. The summed E-state index contributed by atoms with van der Waals surface area (Å²) in [6, 6.07) is -2.28. The van der Waals surface area contributed by atoms with E-state index < -0.39 is 166 Å². The molecule has 0 saturated carbocycles. The molecule has 0 saturated heterocycles. The number of carbonyl (C=O) groups is 12. The smallest absolute Gasteiger partial charge is 0.305 e. The van der Waals surface area contributed by atoms with E-state index in [2.05, 4.69) is 27.2 Å². The van der Waals surface area contributed by atoms with Crippen LogP contribution >= 0.6 is 0 Å². The highest BCUT2D eigenvalue weighted by molar-refractivity contribution is 6.01. The van der Waals surface area contributed by atoms with Gasteiger partial charge in [-0.1, -0.05) is 24.3 Å². The molecule has 5 amide bonds. The quantitative estimate of drug-likeness (QED) is 0.0244. The van der Waals surface area contributed by atoms with Crippen LogP contribution in [0.2, 0.25) is 0 Å². The molecule has 22 heteroatoms. The molecule has 10 N–H and O–H groups in total. The van der Waals surface area contributed by atoms with Crippen LogP contribution in [-0.2, 0) is 64.0 Å². The number of benzene rings is 1. The van der Waals surface area contributed by atoms with Gasteiger partial charge in [0, 0.05) is 38.5 Å². The van der Waals surface area contributed by atoms with Crippen molar-refractivity contribution in [3.05, 3.63) is 35.4 Å². The second kappa shape index (κ2) is 25.9. The van der Waals surface area contributed by atoms with Gasteiger partial charge in [-0.25, -0.2) is 0 Å². The highest BCUT2D eigenvalue weighted by Crippen LogP contribution is 2.14. The zero-order chi connectivity index (χ0) is 45.5. The molecule has 0 bridgehead atoms. The van der Waals surface area contributed by atoms with E-state index in [1.807, 2.05) is 5.32 Å². The summed E-state index contributed by atoms with van der Waals surface area (Å²) in [6.45, 7) is 1.65. The van der Waals surface area contributed by atoms with Gasteiger partial charge in [0.2, 0.25) is 29.5 Å². The van der Waals surface area contributed by atoms with Crippen LogP contribution in [0.25, 0.3) is 0 Å². The van der Waals surface area contributed by atoms with Crippen LogP contribution in [0.15, 0.2) is 24.3 Å². The Morgan fingerprint density at radius 2 is 1.02 bits per heavy atom. The van der Waals surface area contributed by atoms with Crippen molar-refractivity contribution in [2.24, 2.45) is 5.92 Å². The SMILES string of the molecule is C#CC[C@@H](C=O)C(=O)[C@H](CCC(=O)O)NC(=O)[C@@H](CCC(=O)O)NC(=O)[C@H](Cc1ccccc1C)NC(=O)[C@H](CCC(=O)O)NC(=O)[C@H](CC(=O)O)NC(=O)CCC(=O)O. The maximum atomic E-state index is 14.0.